The highest BCUT2D eigenvalue weighted by Crippen LogP contribution is 2.13. The van der Waals surface area contributed by atoms with Gasteiger partial charge in [-0.25, -0.2) is 4.79 Å². The molecule has 0 saturated carbocycles. The molecular weight excluding hydrogens is 827 g/mol. The Balaban J connectivity index is 3.52. The van der Waals surface area contributed by atoms with Crippen LogP contribution in [-0.4, -0.2) is 123 Å². The van der Waals surface area contributed by atoms with Crippen LogP contribution >= 0.6 is 0 Å². The van der Waals surface area contributed by atoms with E-state index in [9.17, 15) is 63.3 Å². The average molecular weight is 892 g/mol. The third-order valence-corrected chi connectivity index (χ3v) is 9.93. The first-order chi connectivity index (χ1) is 29.6. The van der Waals surface area contributed by atoms with Gasteiger partial charge in [0.1, 0.15) is 36.3 Å². The van der Waals surface area contributed by atoms with Crippen LogP contribution in [0.25, 0.3) is 0 Å². The van der Waals surface area contributed by atoms with Crippen LogP contribution in [0.5, 0.6) is 0 Å². The van der Waals surface area contributed by atoms with Gasteiger partial charge in [0.05, 0.1) is 12.5 Å². The molecule has 1 rings (SSSR count). The summed E-state index contributed by atoms with van der Waals surface area (Å²) in [6, 6.07) is -1.63. The molecule has 0 aliphatic heterocycles. The predicted molar refractivity (Wildman–Crippen MR) is 227 cm³/mol. The average Bonchev–Trinajstić information content (AvgIpc) is 3.21. The van der Waals surface area contributed by atoms with Crippen LogP contribution in [0.4, 0.5) is 0 Å². The first-order valence-electron chi connectivity index (χ1n) is 20.9. The first-order valence-corrected chi connectivity index (χ1v) is 20.9. The second-order valence-corrected chi connectivity index (χ2v) is 15.8. The van der Waals surface area contributed by atoms with Gasteiger partial charge in [0.25, 0.3) is 0 Å². The monoisotopic (exact) mass is 891 g/mol. The number of hydrogen-bond donors (Lipinski definition) is 12. The summed E-state index contributed by atoms with van der Waals surface area (Å²) in [5.74, 6) is -11.4. The number of benzene rings is 1. The molecule has 0 aliphatic rings. The molecule has 1 aromatic carbocycles. The lowest BCUT2D eigenvalue weighted by Crippen LogP contribution is -2.61. The standard InChI is InChI=1S/C41H65N9O13/c1-5-23(4)34(40(61)49-30(41(62)63)21-31(44)51)50-39(60)28(19-22(2)3)47-38(59)29(20-24-11-7-6-8-12-24)48-37(58)27(15-17-33(54)55)46-36(57)26(14-16-32(52)53)45-35(56)25(43)13-9-10-18-42/h6-8,11-12,22-23,25-30,34H,5,9-10,13-21,42-43H2,1-4H3,(H2,44,51)(H,45,56)(H,46,57)(H,47,59)(H,48,58)(H,49,61)(H,50,60)(H,52,53)(H,54,55)(H,62,63)/t23-,25-,26-,27-,28-,29-,30-,34-/m0/s1. The zero-order valence-corrected chi connectivity index (χ0v) is 36.2. The van der Waals surface area contributed by atoms with Crippen molar-refractivity contribution in [2.75, 3.05) is 6.54 Å². The Morgan fingerprint density at radius 3 is 1.56 bits per heavy atom. The topological polar surface area (TPSA) is 382 Å². The van der Waals surface area contributed by atoms with Gasteiger partial charge >= 0.3 is 17.9 Å². The van der Waals surface area contributed by atoms with Crippen LogP contribution in [0.15, 0.2) is 30.3 Å². The van der Waals surface area contributed by atoms with Crippen LogP contribution < -0.4 is 49.1 Å². The van der Waals surface area contributed by atoms with Gasteiger partial charge in [0.2, 0.25) is 41.4 Å². The Kier molecular flexibility index (Phi) is 24.8. The molecule has 15 N–H and O–H groups in total. The van der Waals surface area contributed by atoms with E-state index in [1.54, 1.807) is 58.0 Å². The summed E-state index contributed by atoms with van der Waals surface area (Å²) >= 11 is 0. The van der Waals surface area contributed by atoms with Crippen molar-refractivity contribution in [3.05, 3.63) is 35.9 Å². The number of rotatable bonds is 31. The molecule has 0 saturated heterocycles. The minimum Gasteiger partial charge on any atom is -0.481 e. The minimum atomic E-state index is -1.68. The second kappa shape index (κ2) is 28.4. The highest BCUT2D eigenvalue weighted by atomic mass is 16.4. The molecule has 8 atom stereocenters. The number of amides is 7. The molecular formula is C41H65N9O13. The fraction of sp³-hybridized carbons (Fsp3) is 0.610. The van der Waals surface area contributed by atoms with Crippen LogP contribution in [0.1, 0.15) is 97.5 Å². The Morgan fingerprint density at radius 1 is 0.603 bits per heavy atom. The third kappa shape index (κ3) is 21.5. The van der Waals surface area contributed by atoms with Crippen molar-refractivity contribution in [3.8, 4) is 0 Å². The highest BCUT2D eigenvalue weighted by Gasteiger charge is 2.36. The van der Waals surface area contributed by atoms with E-state index in [1.807, 2.05) is 0 Å². The van der Waals surface area contributed by atoms with E-state index < -0.39 is 140 Å². The molecule has 22 heteroatoms. The summed E-state index contributed by atoms with van der Waals surface area (Å²) < 4.78 is 0. The number of hydrogen-bond acceptors (Lipinski definition) is 12. The van der Waals surface area contributed by atoms with E-state index in [-0.39, 0.29) is 25.2 Å². The number of nitrogens with two attached hydrogens (primary N) is 3. The van der Waals surface area contributed by atoms with Crippen LogP contribution in [0, 0.1) is 11.8 Å². The molecule has 0 aliphatic carbocycles. The summed E-state index contributed by atoms with van der Waals surface area (Å²) in [4.78, 5) is 128. The van der Waals surface area contributed by atoms with E-state index in [2.05, 4.69) is 31.9 Å². The maximum Gasteiger partial charge on any atom is 0.326 e. The number of carbonyl (C=O) groups is 10. The minimum absolute atomic E-state index is 0.0231. The Bertz CT molecular complexity index is 1730. The molecule has 0 bridgehead atoms. The van der Waals surface area contributed by atoms with Gasteiger partial charge in [-0.05, 0) is 56.0 Å². The lowest BCUT2D eigenvalue weighted by Gasteiger charge is -2.29. The normalized spacial score (nSPS) is 14.8. The molecule has 0 heterocycles. The van der Waals surface area contributed by atoms with E-state index in [4.69, 9.17) is 17.2 Å². The van der Waals surface area contributed by atoms with Gasteiger partial charge in [0, 0.05) is 19.3 Å². The van der Waals surface area contributed by atoms with Crippen LogP contribution in [0.2, 0.25) is 0 Å². The summed E-state index contributed by atoms with van der Waals surface area (Å²) in [6.45, 7) is 7.22. The van der Waals surface area contributed by atoms with Crippen molar-refractivity contribution >= 4 is 59.3 Å². The van der Waals surface area contributed by atoms with Crippen molar-refractivity contribution in [2.45, 2.75) is 141 Å². The number of aliphatic carboxylic acids is 3. The summed E-state index contributed by atoms with van der Waals surface area (Å²) in [5, 5.41) is 43.1. The SMILES string of the molecule is CC[C@H](C)[C@H](NC(=O)[C@H](CC(C)C)NC(=O)[C@H](Cc1ccccc1)NC(=O)[C@H](CCC(=O)O)NC(=O)[C@H](CCC(=O)O)NC(=O)[C@@H](N)CCCCN)C(=O)N[C@@H](CC(N)=O)C(=O)O. The third-order valence-electron chi connectivity index (χ3n) is 9.93. The largest absolute Gasteiger partial charge is 0.481 e. The van der Waals surface area contributed by atoms with Crippen molar-refractivity contribution in [1.82, 2.24) is 31.9 Å². The molecule has 22 nitrogen and oxygen atoms in total. The van der Waals surface area contributed by atoms with E-state index in [0.29, 0.717) is 31.4 Å². The maximum absolute atomic E-state index is 14.2. The molecule has 0 spiro atoms. The van der Waals surface area contributed by atoms with Crippen LogP contribution in [-0.2, 0) is 54.4 Å². The molecule has 352 valence electrons. The summed E-state index contributed by atoms with van der Waals surface area (Å²) in [5.41, 5.74) is 17.2. The molecule has 0 unspecified atom stereocenters. The Hall–Kier alpha value is -6.16. The fourth-order valence-electron chi connectivity index (χ4n) is 6.19. The Morgan fingerprint density at radius 2 is 1.08 bits per heavy atom. The lowest BCUT2D eigenvalue weighted by molar-refractivity contribution is -0.144. The van der Waals surface area contributed by atoms with E-state index >= 15 is 0 Å². The smallest absolute Gasteiger partial charge is 0.326 e. The highest BCUT2D eigenvalue weighted by molar-refractivity contribution is 5.97. The lowest BCUT2D eigenvalue weighted by atomic mass is 9.96. The molecule has 7 amide bonds. The first kappa shape index (κ1) is 54.9. The molecule has 1 aromatic rings. The van der Waals surface area contributed by atoms with Gasteiger partial charge in [-0.3, -0.25) is 43.2 Å². The quantitative estimate of drug-likeness (QED) is 0.0373. The number of carboxylic acid groups (broad SMARTS) is 3. The van der Waals surface area contributed by atoms with Crippen molar-refractivity contribution in [2.24, 2.45) is 29.0 Å². The van der Waals surface area contributed by atoms with Crippen molar-refractivity contribution in [3.63, 3.8) is 0 Å². The zero-order valence-electron chi connectivity index (χ0n) is 36.2. The van der Waals surface area contributed by atoms with Gasteiger partial charge in [-0.1, -0.05) is 70.9 Å². The van der Waals surface area contributed by atoms with Gasteiger partial charge in [-0.15, -0.1) is 0 Å². The van der Waals surface area contributed by atoms with Crippen molar-refractivity contribution in [1.29, 1.82) is 0 Å². The number of unbranched alkanes of at least 4 members (excludes halogenated alkanes) is 1. The molecule has 0 fully saturated rings. The molecule has 63 heavy (non-hydrogen) atoms. The van der Waals surface area contributed by atoms with Crippen molar-refractivity contribution < 1.29 is 63.3 Å². The molecule has 0 aromatic heterocycles. The summed E-state index contributed by atoms with van der Waals surface area (Å²) in [7, 11) is 0. The van der Waals surface area contributed by atoms with E-state index in [0.717, 1.165) is 0 Å². The summed E-state index contributed by atoms with van der Waals surface area (Å²) in [6.07, 6.45) is -1.34. The van der Waals surface area contributed by atoms with Gasteiger partial charge in [-0.2, -0.15) is 0 Å². The predicted octanol–water partition coefficient (Wildman–Crippen LogP) is -1.62. The Labute approximate surface area is 366 Å². The molecule has 0 radical (unpaired) electrons. The fourth-order valence-corrected chi connectivity index (χ4v) is 6.19. The number of primary amides is 1. The second-order valence-electron chi connectivity index (χ2n) is 15.8. The van der Waals surface area contributed by atoms with Crippen LogP contribution in [0.3, 0.4) is 0 Å². The maximum atomic E-state index is 14.2. The number of carbonyl (C=O) groups excluding carboxylic acids is 7. The zero-order chi connectivity index (χ0) is 47.8. The van der Waals surface area contributed by atoms with E-state index in [1.165, 1.54) is 0 Å². The van der Waals surface area contributed by atoms with Gasteiger partial charge < -0.3 is 64.4 Å². The number of carboxylic acids is 3. The number of nitrogens with one attached hydrogen (secondary N) is 6. The van der Waals surface area contributed by atoms with Gasteiger partial charge in [0.15, 0.2) is 0 Å².